The average Bonchev–Trinajstić information content (AvgIpc) is 2.32. The van der Waals surface area contributed by atoms with Crippen molar-refractivity contribution < 1.29 is 9.13 Å². The van der Waals surface area contributed by atoms with Gasteiger partial charge in [-0.2, -0.15) is 4.98 Å². The predicted octanol–water partition coefficient (Wildman–Crippen LogP) is 3.32. The quantitative estimate of drug-likeness (QED) is 0.944. The number of aromatic nitrogens is 2. The Labute approximate surface area is 112 Å². The van der Waals surface area contributed by atoms with Crippen molar-refractivity contribution in [2.24, 2.45) is 0 Å². The molecule has 2 aromatic rings. The van der Waals surface area contributed by atoms with Crippen LogP contribution in [0.1, 0.15) is 12.7 Å². The molecule has 1 aromatic carbocycles. The molecule has 1 heterocycles. The van der Waals surface area contributed by atoms with Crippen LogP contribution in [0.2, 0.25) is 0 Å². The molecule has 18 heavy (non-hydrogen) atoms. The van der Waals surface area contributed by atoms with E-state index < -0.39 is 0 Å². The highest BCUT2D eigenvalue weighted by molar-refractivity contribution is 9.10. The van der Waals surface area contributed by atoms with Gasteiger partial charge in [0.25, 0.3) is 0 Å². The molecule has 0 aliphatic heterocycles. The van der Waals surface area contributed by atoms with Crippen LogP contribution in [0.15, 0.2) is 28.7 Å². The van der Waals surface area contributed by atoms with Crippen molar-refractivity contribution in [2.45, 2.75) is 13.3 Å². The SMILES string of the molecule is CCc1nc(N)cc(Oc2ccc(F)cc2Br)n1. The van der Waals surface area contributed by atoms with Gasteiger partial charge in [0.15, 0.2) is 0 Å². The third-order valence-corrected chi connectivity index (χ3v) is 2.81. The van der Waals surface area contributed by atoms with Crippen molar-refractivity contribution in [2.75, 3.05) is 5.73 Å². The van der Waals surface area contributed by atoms with Crippen molar-refractivity contribution in [3.05, 3.63) is 40.4 Å². The Balaban J connectivity index is 2.30. The molecule has 0 amide bonds. The van der Waals surface area contributed by atoms with Crippen molar-refractivity contribution in [3.63, 3.8) is 0 Å². The number of halogens is 2. The third-order valence-electron chi connectivity index (χ3n) is 2.19. The van der Waals surface area contributed by atoms with Crippen LogP contribution in [0.3, 0.4) is 0 Å². The summed E-state index contributed by atoms with van der Waals surface area (Å²) in [5.74, 6) is 1.41. The molecule has 4 nitrogen and oxygen atoms in total. The maximum Gasteiger partial charge on any atom is 0.224 e. The van der Waals surface area contributed by atoms with Crippen molar-refractivity contribution in [1.29, 1.82) is 0 Å². The lowest BCUT2D eigenvalue weighted by Crippen LogP contribution is -2.00. The minimum Gasteiger partial charge on any atom is -0.438 e. The van der Waals surface area contributed by atoms with E-state index in [1.54, 1.807) is 0 Å². The Morgan fingerprint density at radius 1 is 1.33 bits per heavy atom. The van der Waals surface area contributed by atoms with Crippen molar-refractivity contribution in [1.82, 2.24) is 9.97 Å². The van der Waals surface area contributed by atoms with E-state index in [1.165, 1.54) is 24.3 Å². The summed E-state index contributed by atoms with van der Waals surface area (Å²) in [6.07, 6.45) is 0.659. The number of anilines is 1. The Morgan fingerprint density at radius 2 is 2.11 bits per heavy atom. The first-order valence-electron chi connectivity index (χ1n) is 5.35. The summed E-state index contributed by atoms with van der Waals surface area (Å²) in [5.41, 5.74) is 5.65. The number of aryl methyl sites for hydroxylation is 1. The van der Waals surface area contributed by atoms with Gasteiger partial charge < -0.3 is 10.5 Å². The van der Waals surface area contributed by atoms with Crippen LogP contribution in [0.25, 0.3) is 0 Å². The van der Waals surface area contributed by atoms with Gasteiger partial charge >= 0.3 is 0 Å². The Hall–Kier alpha value is -1.69. The van der Waals surface area contributed by atoms with E-state index in [0.29, 0.717) is 34.2 Å². The Bertz CT molecular complexity index is 577. The van der Waals surface area contributed by atoms with Gasteiger partial charge in [-0.1, -0.05) is 6.92 Å². The normalized spacial score (nSPS) is 10.4. The highest BCUT2D eigenvalue weighted by Gasteiger charge is 2.07. The van der Waals surface area contributed by atoms with Crippen molar-refractivity contribution in [3.8, 4) is 11.6 Å². The Morgan fingerprint density at radius 3 is 2.78 bits per heavy atom. The van der Waals surface area contributed by atoms with Crippen LogP contribution in [-0.4, -0.2) is 9.97 Å². The number of nitrogens with zero attached hydrogens (tertiary/aromatic N) is 2. The summed E-state index contributed by atoms with van der Waals surface area (Å²) in [4.78, 5) is 8.23. The molecule has 1 aromatic heterocycles. The maximum atomic E-state index is 12.9. The summed E-state index contributed by atoms with van der Waals surface area (Å²) < 4.78 is 19.0. The van der Waals surface area contributed by atoms with Gasteiger partial charge in [0.05, 0.1) is 4.47 Å². The topological polar surface area (TPSA) is 61.0 Å². The van der Waals surface area contributed by atoms with E-state index in [-0.39, 0.29) is 5.82 Å². The fraction of sp³-hybridized carbons (Fsp3) is 0.167. The number of hydrogen-bond acceptors (Lipinski definition) is 4. The second-order valence-electron chi connectivity index (χ2n) is 3.58. The van der Waals surface area contributed by atoms with Gasteiger partial charge in [0.2, 0.25) is 5.88 Å². The molecule has 0 saturated heterocycles. The lowest BCUT2D eigenvalue weighted by molar-refractivity contribution is 0.455. The van der Waals surface area contributed by atoms with Gasteiger partial charge in [-0.25, -0.2) is 9.37 Å². The number of ether oxygens (including phenoxy) is 1. The fourth-order valence-electron chi connectivity index (χ4n) is 1.37. The van der Waals surface area contributed by atoms with Gasteiger partial charge in [-0.15, -0.1) is 0 Å². The van der Waals surface area contributed by atoms with Crippen LogP contribution in [-0.2, 0) is 6.42 Å². The van der Waals surface area contributed by atoms with E-state index in [4.69, 9.17) is 10.5 Å². The molecular weight excluding hydrogens is 301 g/mol. The highest BCUT2D eigenvalue weighted by atomic mass is 79.9. The Kier molecular flexibility index (Phi) is 3.76. The molecule has 0 aliphatic carbocycles. The summed E-state index contributed by atoms with van der Waals surface area (Å²) in [5, 5.41) is 0. The zero-order valence-electron chi connectivity index (χ0n) is 9.65. The molecule has 0 bridgehead atoms. The summed E-state index contributed by atoms with van der Waals surface area (Å²) in [6, 6.07) is 5.67. The zero-order chi connectivity index (χ0) is 13.1. The number of nitrogens with two attached hydrogens (primary N) is 1. The van der Waals surface area contributed by atoms with Crippen LogP contribution in [0.5, 0.6) is 11.6 Å². The van der Waals surface area contributed by atoms with Crippen LogP contribution in [0, 0.1) is 5.82 Å². The maximum absolute atomic E-state index is 12.9. The van der Waals surface area contributed by atoms with Gasteiger partial charge in [0.1, 0.15) is 23.2 Å². The fourth-order valence-corrected chi connectivity index (χ4v) is 1.81. The summed E-state index contributed by atoms with van der Waals surface area (Å²) >= 11 is 3.22. The zero-order valence-corrected chi connectivity index (χ0v) is 11.2. The number of benzene rings is 1. The van der Waals surface area contributed by atoms with Gasteiger partial charge in [-0.3, -0.25) is 0 Å². The minimum absolute atomic E-state index is 0.339. The lowest BCUT2D eigenvalue weighted by atomic mass is 10.3. The van der Waals surface area contributed by atoms with E-state index in [0.717, 1.165) is 0 Å². The molecule has 94 valence electrons. The lowest BCUT2D eigenvalue weighted by Gasteiger charge is -2.08. The molecule has 6 heteroatoms. The highest BCUT2D eigenvalue weighted by Crippen LogP contribution is 2.29. The first-order valence-corrected chi connectivity index (χ1v) is 6.14. The first kappa shape index (κ1) is 12.8. The summed E-state index contributed by atoms with van der Waals surface area (Å²) in [6.45, 7) is 1.92. The van der Waals surface area contributed by atoms with E-state index >= 15 is 0 Å². The van der Waals surface area contributed by atoms with E-state index in [1.807, 2.05) is 6.92 Å². The van der Waals surface area contributed by atoms with E-state index in [2.05, 4.69) is 25.9 Å². The molecule has 0 saturated carbocycles. The predicted molar refractivity (Wildman–Crippen MR) is 70.0 cm³/mol. The standard InChI is InChI=1S/C12H11BrFN3O/c1-2-11-16-10(15)6-12(17-11)18-9-4-3-7(14)5-8(9)13/h3-6H,2H2,1H3,(H2,15,16,17). The molecule has 2 rings (SSSR count). The summed E-state index contributed by atoms with van der Waals surface area (Å²) in [7, 11) is 0. The smallest absolute Gasteiger partial charge is 0.224 e. The van der Waals surface area contributed by atoms with Crippen LogP contribution >= 0.6 is 15.9 Å². The third kappa shape index (κ3) is 2.95. The van der Waals surface area contributed by atoms with Crippen LogP contribution < -0.4 is 10.5 Å². The molecule has 0 aliphatic rings. The molecule has 0 fully saturated rings. The molecule has 0 radical (unpaired) electrons. The molecular formula is C12H11BrFN3O. The monoisotopic (exact) mass is 311 g/mol. The molecule has 0 unspecified atom stereocenters. The molecule has 0 spiro atoms. The second-order valence-corrected chi connectivity index (χ2v) is 4.43. The second kappa shape index (κ2) is 5.30. The van der Waals surface area contributed by atoms with E-state index in [9.17, 15) is 4.39 Å². The largest absolute Gasteiger partial charge is 0.438 e. The van der Waals surface area contributed by atoms with Crippen molar-refractivity contribution >= 4 is 21.7 Å². The minimum atomic E-state index is -0.342. The average molecular weight is 312 g/mol. The number of hydrogen-bond donors (Lipinski definition) is 1. The van der Waals surface area contributed by atoms with Crippen LogP contribution in [0.4, 0.5) is 10.2 Å². The first-order chi connectivity index (χ1) is 8.58. The number of nitrogen functional groups attached to an aromatic ring is 1. The molecule has 2 N–H and O–H groups in total. The van der Waals surface area contributed by atoms with Gasteiger partial charge in [0, 0.05) is 12.5 Å². The van der Waals surface area contributed by atoms with Gasteiger partial charge in [-0.05, 0) is 34.1 Å². The number of rotatable bonds is 3. The molecule has 0 atom stereocenters.